The smallest absolute Gasteiger partial charge is 0.308 e. The third kappa shape index (κ3) is 7.33. The summed E-state index contributed by atoms with van der Waals surface area (Å²) < 4.78 is 17.7. The molecule has 0 aromatic heterocycles. The fourth-order valence-electron chi connectivity index (χ4n) is 3.52. The van der Waals surface area contributed by atoms with Crippen molar-refractivity contribution in [2.75, 3.05) is 6.61 Å². The molecule has 0 saturated heterocycles. The summed E-state index contributed by atoms with van der Waals surface area (Å²) in [7, 11) is 0.521. The normalized spacial score (nSPS) is 11.7. The molecule has 1 atom stereocenters. The fourth-order valence-corrected chi connectivity index (χ4v) is 3.52. The molecule has 0 radical (unpaired) electrons. The fraction of sp³-hybridized carbons (Fsp3) is 0.143. The van der Waals surface area contributed by atoms with Gasteiger partial charge in [0.05, 0.1) is 19.3 Å². The minimum absolute atomic E-state index is 0.126. The van der Waals surface area contributed by atoms with Crippen LogP contribution in [-0.2, 0) is 22.6 Å². The van der Waals surface area contributed by atoms with Crippen molar-refractivity contribution < 1.29 is 14.1 Å². The lowest BCUT2D eigenvalue weighted by Crippen LogP contribution is -2.24. The van der Waals surface area contributed by atoms with E-state index in [1.807, 2.05) is 91.0 Å². The van der Waals surface area contributed by atoms with E-state index < -0.39 is 0 Å². The molecule has 0 aliphatic carbocycles. The van der Waals surface area contributed by atoms with Crippen LogP contribution in [0.4, 0.5) is 0 Å². The van der Waals surface area contributed by atoms with E-state index in [1.54, 1.807) is 0 Å². The number of rotatable bonds is 11. The highest BCUT2D eigenvalue weighted by Gasteiger charge is 2.07. The highest BCUT2D eigenvalue weighted by Crippen LogP contribution is 2.22. The minimum atomic E-state index is -0.126. The van der Waals surface area contributed by atoms with Gasteiger partial charge in [-0.1, -0.05) is 90.4 Å². The quantitative estimate of drug-likeness (QED) is 0.340. The summed E-state index contributed by atoms with van der Waals surface area (Å²) in [6.07, 6.45) is 0. The van der Waals surface area contributed by atoms with Crippen LogP contribution >= 0.6 is 0 Å². The highest BCUT2D eigenvalue weighted by atomic mass is 16.5. The predicted octanol–water partition coefficient (Wildman–Crippen LogP) is 4.89. The van der Waals surface area contributed by atoms with Gasteiger partial charge in [0.2, 0.25) is 0 Å². The summed E-state index contributed by atoms with van der Waals surface area (Å²) in [6, 6.07) is 35.9. The molecular formula is C28H28BNO3. The molecule has 4 rings (SSSR count). The lowest BCUT2D eigenvalue weighted by molar-refractivity contribution is 0.107. The molecule has 2 N–H and O–H groups in total. The Morgan fingerprint density at radius 1 is 0.667 bits per heavy atom. The van der Waals surface area contributed by atoms with Gasteiger partial charge in [0.25, 0.3) is 0 Å². The van der Waals surface area contributed by atoms with E-state index in [1.165, 1.54) is 0 Å². The summed E-state index contributed by atoms with van der Waals surface area (Å²) in [5.41, 5.74) is 10.6. The SMILES string of the molecule is NC(COBc1cccc(COCc2cccc(Oc3ccccc3)c2)c1)c1ccccc1. The van der Waals surface area contributed by atoms with Crippen LogP contribution in [0, 0.1) is 0 Å². The van der Waals surface area contributed by atoms with Crippen LogP contribution in [0.25, 0.3) is 0 Å². The van der Waals surface area contributed by atoms with Crippen LogP contribution in [0.5, 0.6) is 11.5 Å². The first kappa shape index (κ1) is 22.8. The molecule has 4 nitrogen and oxygen atoms in total. The molecule has 166 valence electrons. The van der Waals surface area contributed by atoms with Gasteiger partial charge in [0.15, 0.2) is 0 Å². The Bertz CT molecular complexity index is 1120. The third-order valence-electron chi connectivity index (χ3n) is 5.20. The van der Waals surface area contributed by atoms with E-state index in [4.69, 9.17) is 19.9 Å². The van der Waals surface area contributed by atoms with Gasteiger partial charge in [-0.25, -0.2) is 0 Å². The van der Waals surface area contributed by atoms with Crippen molar-refractivity contribution in [1.29, 1.82) is 0 Å². The lowest BCUT2D eigenvalue weighted by Gasteiger charge is -2.13. The van der Waals surface area contributed by atoms with Crippen molar-refractivity contribution in [3.63, 3.8) is 0 Å². The second kappa shape index (κ2) is 12.0. The molecule has 0 spiro atoms. The Morgan fingerprint density at radius 2 is 1.30 bits per heavy atom. The standard InChI is InChI=1S/C28H28BNO3/c30-28(24-11-3-1-4-12-24)21-32-29-25-13-7-9-22(17-25)19-31-20-23-10-8-16-27(18-23)33-26-14-5-2-6-15-26/h1-18,28-29H,19-21,30H2. The van der Waals surface area contributed by atoms with Crippen LogP contribution in [-0.4, -0.2) is 14.1 Å². The van der Waals surface area contributed by atoms with Crippen LogP contribution in [0.3, 0.4) is 0 Å². The molecule has 0 aliphatic heterocycles. The maximum absolute atomic E-state index is 6.21. The zero-order valence-electron chi connectivity index (χ0n) is 18.6. The number of nitrogens with two attached hydrogens (primary N) is 1. The zero-order chi connectivity index (χ0) is 22.7. The van der Waals surface area contributed by atoms with Gasteiger partial charge in [-0.3, -0.25) is 0 Å². The second-order valence-electron chi connectivity index (χ2n) is 7.91. The highest BCUT2D eigenvalue weighted by molar-refractivity contribution is 6.46. The molecule has 1 unspecified atom stereocenters. The van der Waals surface area contributed by atoms with E-state index in [0.29, 0.717) is 27.3 Å². The number of hydrogen-bond donors (Lipinski definition) is 1. The second-order valence-corrected chi connectivity index (χ2v) is 7.91. The van der Waals surface area contributed by atoms with E-state index in [2.05, 4.69) is 18.2 Å². The van der Waals surface area contributed by atoms with Crippen molar-refractivity contribution >= 4 is 12.9 Å². The average Bonchev–Trinajstić information content (AvgIpc) is 2.86. The average molecular weight is 437 g/mol. The molecular weight excluding hydrogens is 409 g/mol. The van der Waals surface area contributed by atoms with E-state index in [9.17, 15) is 0 Å². The maximum Gasteiger partial charge on any atom is 0.308 e. The Labute approximate surface area is 196 Å². The number of benzene rings is 4. The van der Waals surface area contributed by atoms with E-state index >= 15 is 0 Å². The third-order valence-corrected chi connectivity index (χ3v) is 5.20. The molecule has 4 aromatic rings. The monoisotopic (exact) mass is 437 g/mol. The van der Waals surface area contributed by atoms with Gasteiger partial charge in [0, 0.05) is 6.61 Å². The van der Waals surface area contributed by atoms with Crippen molar-refractivity contribution in [2.45, 2.75) is 19.3 Å². The summed E-state index contributed by atoms with van der Waals surface area (Å²) >= 11 is 0. The van der Waals surface area contributed by atoms with Gasteiger partial charge in [-0.15, -0.1) is 0 Å². The Hall–Kier alpha value is -3.38. The maximum atomic E-state index is 6.21. The Balaban J connectivity index is 1.23. The summed E-state index contributed by atoms with van der Waals surface area (Å²) in [5, 5.41) is 0. The molecule has 5 heteroatoms. The van der Waals surface area contributed by atoms with Crippen LogP contribution in [0.1, 0.15) is 22.7 Å². The van der Waals surface area contributed by atoms with Crippen LogP contribution in [0.15, 0.2) is 109 Å². The molecule has 0 amide bonds. The van der Waals surface area contributed by atoms with Gasteiger partial charge in [-0.2, -0.15) is 0 Å². The topological polar surface area (TPSA) is 53.7 Å². The van der Waals surface area contributed by atoms with Crippen LogP contribution < -0.4 is 15.9 Å². The zero-order valence-corrected chi connectivity index (χ0v) is 18.6. The predicted molar refractivity (Wildman–Crippen MR) is 134 cm³/mol. The molecule has 4 aromatic carbocycles. The van der Waals surface area contributed by atoms with E-state index in [-0.39, 0.29) is 6.04 Å². The van der Waals surface area contributed by atoms with Crippen LogP contribution in [0.2, 0.25) is 0 Å². The number of hydrogen-bond acceptors (Lipinski definition) is 4. The van der Waals surface area contributed by atoms with Gasteiger partial charge < -0.3 is 19.9 Å². The van der Waals surface area contributed by atoms with Crippen molar-refractivity contribution in [3.8, 4) is 11.5 Å². The molecule has 0 heterocycles. The molecule has 0 aliphatic rings. The Kier molecular flexibility index (Phi) is 8.31. The first-order valence-corrected chi connectivity index (χ1v) is 11.1. The van der Waals surface area contributed by atoms with Crippen molar-refractivity contribution in [1.82, 2.24) is 0 Å². The van der Waals surface area contributed by atoms with Crippen molar-refractivity contribution in [2.24, 2.45) is 5.73 Å². The van der Waals surface area contributed by atoms with E-state index in [0.717, 1.165) is 33.7 Å². The first-order valence-electron chi connectivity index (χ1n) is 11.1. The molecule has 0 fully saturated rings. The summed E-state index contributed by atoms with van der Waals surface area (Å²) in [4.78, 5) is 0. The first-order chi connectivity index (χ1) is 16.3. The molecule has 0 bridgehead atoms. The van der Waals surface area contributed by atoms with Gasteiger partial charge >= 0.3 is 7.48 Å². The summed E-state index contributed by atoms with van der Waals surface area (Å²) in [5.74, 6) is 1.62. The van der Waals surface area contributed by atoms with Gasteiger partial charge in [0.1, 0.15) is 11.5 Å². The number of ether oxygens (including phenoxy) is 2. The lowest BCUT2D eigenvalue weighted by atomic mass is 9.87. The Morgan fingerprint density at radius 3 is 2.06 bits per heavy atom. The van der Waals surface area contributed by atoms with Crippen molar-refractivity contribution in [3.05, 3.63) is 126 Å². The largest absolute Gasteiger partial charge is 0.457 e. The number of para-hydroxylation sites is 1. The molecule has 0 saturated carbocycles. The minimum Gasteiger partial charge on any atom is -0.457 e. The molecule has 33 heavy (non-hydrogen) atoms. The summed E-state index contributed by atoms with van der Waals surface area (Å²) in [6.45, 7) is 1.52. The van der Waals surface area contributed by atoms with Gasteiger partial charge in [-0.05, 0) is 41.0 Å².